The van der Waals surface area contributed by atoms with Crippen LogP contribution in [-0.4, -0.2) is 82.0 Å². The van der Waals surface area contributed by atoms with Gasteiger partial charge in [-0.2, -0.15) is 8.61 Å². The average molecular weight is 828 g/mol. The maximum Gasteiger partial charge on any atom is 0.341 e. The lowest BCUT2D eigenvalue weighted by Gasteiger charge is -2.43. The van der Waals surface area contributed by atoms with Crippen molar-refractivity contribution in [3.8, 4) is 16.9 Å². The molecule has 4 aromatic rings. The molecule has 0 aromatic heterocycles. The molecule has 3 aliphatic rings. The number of sulfonamides is 2. The Morgan fingerprint density at radius 2 is 1.52 bits per heavy atom. The summed E-state index contributed by atoms with van der Waals surface area (Å²) in [5.74, 6) is -1.14. The molecule has 0 saturated carbocycles. The first-order valence-corrected chi connectivity index (χ1v) is 23.1. The minimum atomic E-state index is -4.11. The van der Waals surface area contributed by atoms with Crippen molar-refractivity contribution in [3.63, 3.8) is 0 Å². The number of aryl methyl sites for hydroxylation is 1. The predicted molar refractivity (Wildman–Crippen MR) is 225 cm³/mol. The van der Waals surface area contributed by atoms with Gasteiger partial charge < -0.3 is 19.9 Å². The molecule has 2 fully saturated rings. The Bertz CT molecular complexity index is 2330. The molecule has 3 heterocycles. The van der Waals surface area contributed by atoms with Gasteiger partial charge in [-0.1, -0.05) is 86.5 Å². The van der Waals surface area contributed by atoms with Gasteiger partial charge in [0.05, 0.1) is 22.0 Å². The van der Waals surface area contributed by atoms with E-state index in [2.05, 4.69) is 55.2 Å². The second-order valence-corrected chi connectivity index (χ2v) is 19.4. The number of hydrogen-bond acceptors (Lipinski definition) is 8. The molecule has 0 amide bonds. The Hall–Kier alpha value is -4.53. The van der Waals surface area contributed by atoms with Gasteiger partial charge in [0, 0.05) is 55.8 Å². The zero-order valence-electron chi connectivity index (χ0n) is 33.2. The standard InChI is InChI=1S/C45H53N3O8S2/c1-4-5-13-43-39(34-16-14-33(15-17-34)32-10-7-6-8-11-32)29-38(31(2)3)45(56-43)40-28-37(19-21-42(40)55-30-44(49)50)58(53,54)48-25-23-47(24-26-48)57(51,52)36-18-20-41-35(27-36)12-9-22-46-41/h6-8,10-11,14-21,27-28,38-39,43,45-46H,2,4-5,9,12-13,22-26,29-30H2,1,3H3,(H,49,50)/t38-,39-,43+,45+/m0/s1. The van der Waals surface area contributed by atoms with Crippen molar-refractivity contribution in [2.75, 3.05) is 44.6 Å². The number of nitrogens with one attached hydrogen (secondary N) is 1. The fourth-order valence-electron chi connectivity index (χ4n) is 8.50. The zero-order valence-corrected chi connectivity index (χ0v) is 34.8. The van der Waals surface area contributed by atoms with Gasteiger partial charge in [0.2, 0.25) is 20.0 Å². The summed E-state index contributed by atoms with van der Waals surface area (Å²) in [4.78, 5) is 11.9. The summed E-state index contributed by atoms with van der Waals surface area (Å²) in [5, 5.41) is 12.8. The van der Waals surface area contributed by atoms with Crippen LogP contribution < -0.4 is 10.1 Å². The molecule has 0 aliphatic carbocycles. The van der Waals surface area contributed by atoms with E-state index in [-0.39, 0.29) is 59.7 Å². The molecule has 4 atom stereocenters. The van der Waals surface area contributed by atoms with E-state index in [1.54, 1.807) is 24.3 Å². The Labute approximate surface area is 342 Å². The summed E-state index contributed by atoms with van der Waals surface area (Å²) in [7, 11) is -7.95. The van der Waals surface area contributed by atoms with Crippen molar-refractivity contribution in [1.29, 1.82) is 0 Å². The highest BCUT2D eigenvalue weighted by atomic mass is 32.2. The number of hydrogen-bond donors (Lipinski definition) is 2. The number of unbranched alkanes of at least 4 members (excludes halogenated alkanes) is 1. The minimum absolute atomic E-state index is 0.000143. The second kappa shape index (κ2) is 17.8. The maximum absolute atomic E-state index is 14.3. The Morgan fingerprint density at radius 3 is 2.16 bits per heavy atom. The average Bonchev–Trinajstić information content (AvgIpc) is 3.24. The van der Waals surface area contributed by atoms with Crippen molar-refractivity contribution in [3.05, 3.63) is 120 Å². The van der Waals surface area contributed by atoms with Gasteiger partial charge in [-0.15, -0.1) is 0 Å². The van der Waals surface area contributed by atoms with Crippen LogP contribution in [0.1, 0.15) is 74.7 Å². The van der Waals surface area contributed by atoms with E-state index in [1.807, 2.05) is 25.1 Å². The molecule has 308 valence electrons. The van der Waals surface area contributed by atoms with E-state index in [1.165, 1.54) is 20.7 Å². The van der Waals surface area contributed by atoms with Crippen molar-refractivity contribution in [1.82, 2.24) is 8.61 Å². The first-order chi connectivity index (χ1) is 27.9. The summed E-state index contributed by atoms with van der Waals surface area (Å²) >= 11 is 0. The third kappa shape index (κ3) is 8.89. The monoisotopic (exact) mass is 827 g/mol. The van der Waals surface area contributed by atoms with E-state index in [0.29, 0.717) is 12.0 Å². The van der Waals surface area contributed by atoms with Crippen molar-refractivity contribution in [2.45, 2.75) is 80.3 Å². The van der Waals surface area contributed by atoms with Crippen LogP contribution >= 0.6 is 0 Å². The van der Waals surface area contributed by atoms with Gasteiger partial charge in [0.25, 0.3) is 0 Å². The first-order valence-electron chi connectivity index (χ1n) is 20.2. The summed E-state index contributed by atoms with van der Waals surface area (Å²) < 4.78 is 71.6. The smallest absolute Gasteiger partial charge is 0.341 e. The van der Waals surface area contributed by atoms with Crippen molar-refractivity contribution < 1.29 is 36.2 Å². The normalized spacial score (nSPS) is 21.8. The summed E-state index contributed by atoms with van der Waals surface area (Å²) in [6.07, 6.45) is 4.20. The van der Waals surface area contributed by atoms with Crippen LogP contribution in [0, 0.1) is 5.92 Å². The SMILES string of the molecule is C=C(C)[C@@H]1C[C@@H](c2ccc(-c3ccccc3)cc2)[C@@H](CCCC)O[C@H]1c1cc(S(=O)(=O)N2CCN(S(=O)(=O)c3ccc4c(c3)CCCN4)CC2)ccc1OCC(=O)O. The van der Waals surface area contributed by atoms with Gasteiger partial charge in [-0.05, 0) is 91.3 Å². The summed E-state index contributed by atoms with van der Waals surface area (Å²) in [5.41, 5.74) is 6.60. The predicted octanol–water partition coefficient (Wildman–Crippen LogP) is 7.87. The van der Waals surface area contributed by atoms with Gasteiger partial charge >= 0.3 is 5.97 Å². The van der Waals surface area contributed by atoms with Gasteiger partial charge in [0.1, 0.15) is 5.75 Å². The Morgan fingerprint density at radius 1 is 0.879 bits per heavy atom. The molecule has 2 N–H and O–H groups in total. The lowest BCUT2D eigenvalue weighted by Crippen LogP contribution is -2.50. The largest absolute Gasteiger partial charge is 0.482 e. The number of fused-ring (bicyclic) bond motifs is 1. The topological polar surface area (TPSA) is 143 Å². The van der Waals surface area contributed by atoms with Crippen LogP contribution in [0.15, 0.2) is 113 Å². The first kappa shape index (κ1) is 41.6. The molecule has 3 aliphatic heterocycles. The van der Waals surface area contributed by atoms with Crippen molar-refractivity contribution in [2.24, 2.45) is 5.92 Å². The third-order valence-electron chi connectivity index (χ3n) is 11.7. The summed E-state index contributed by atoms with van der Waals surface area (Å²) in [6, 6.07) is 28.4. The van der Waals surface area contributed by atoms with E-state index in [0.717, 1.165) is 72.2 Å². The molecule has 0 spiro atoms. The number of aliphatic carboxylic acids is 1. The number of piperazine rings is 1. The number of carboxylic acids is 1. The fraction of sp³-hybridized carbons (Fsp3) is 0.400. The highest BCUT2D eigenvalue weighted by Crippen LogP contribution is 2.50. The maximum atomic E-state index is 14.3. The number of anilines is 1. The van der Waals surface area contributed by atoms with Crippen LogP contribution in [0.3, 0.4) is 0 Å². The highest BCUT2D eigenvalue weighted by Gasteiger charge is 2.42. The Kier molecular flexibility index (Phi) is 12.7. The molecule has 13 heteroatoms. The molecule has 58 heavy (non-hydrogen) atoms. The van der Waals surface area contributed by atoms with E-state index < -0.39 is 38.7 Å². The van der Waals surface area contributed by atoms with E-state index >= 15 is 0 Å². The molecule has 0 radical (unpaired) electrons. The molecule has 7 rings (SSSR count). The van der Waals surface area contributed by atoms with Crippen LogP contribution in [0.4, 0.5) is 5.69 Å². The van der Waals surface area contributed by atoms with Crippen LogP contribution in [0.2, 0.25) is 0 Å². The number of nitrogens with zero attached hydrogens (tertiary/aromatic N) is 2. The number of carboxylic acid groups (broad SMARTS) is 1. The number of ether oxygens (including phenoxy) is 2. The molecular formula is C45H53N3O8S2. The van der Waals surface area contributed by atoms with Gasteiger partial charge in [0.15, 0.2) is 6.61 Å². The minimum Gasteiger partial charge on any atom is -0.482 e. The highest BCUT2D eigenvalue weighted by molar-refractivity contribution is 7.89. The molecule has 0 bridgehead atoms. The van der Waals surface area contributed by atoms with Crippen LogP contribution in [-0.2, 0) is 36.0 Å². The zero-order chi connectivity index (χ0) is 41.0. The number of carbonyl (C=O) groups is 1. The Balaban J connectivity index is 1.15. The molecule has 2 saturated heterocycles. The third-order valence-corrected chi connectivity index (χ3v) is 15.5. The molecule has 11 nitrogen and oxygen atoms in total. The van der Waals surface area contributed by atoms with E-state index in [9.17, 15) is 26.7 Å². The quantitative estimate of drug-likeness (QED) is 0.122. The molecule has 0 unspecified atom stereocenters. The lowest BCUT2D eigenvalue weighted by atomic mass is 9.74. The van der Waals surface area contributed by atoms with Gasteiger partial charge in [-0.3, -0.25) is 0 Å². The van der Waals surface area contributed by atoms with Gasteiger partial charge in [-0.25, -0.2) is 21.6 Å². The number of rotatable bonds is 14. The summed E-state index contributed by atoms with van der Waals surface area (Å²) in [6.45, 7) is 8.59. The second-order valence-electron chi connectivity index (χ2n) is 15.6. The molecular weight excluding hydrogens is 775 g/mol. The fourth-order valence-corrected chi connectivity index (χ4v) is 11.4. The van der Waals surface area contributed by atoms with Crippen LogP contribution in [0.5, 0.6) is 5.75 Å². The number of benzene rings is 4. The van der Waals surface area contributed by atoms with E-state index in [4.69, 9.17) is 9.47 Å². The van der Waals surface area contributed by atoms with Crippen LogP contribution in [0.25, 0.3) is 11.1 Å². The lowest BCUT2D eigenvalue weighted by molar-refractivity contribution is -0.139. The van der Waals surface area contributed by atoms with Crippen molar-refractivity contribution >= 4 is 31.7 Å². The molecule has 4 aromatic carbocycles.